The molecule has 1 aromatic heterocycles. The summed E-state index contributed by atoms with van der Waals surface area (Å²) in [5.74, 6) is 1.68. The molecular formula is C16H23N5O3S. The SMILES string of the molecule is CCNC(=NCc1ccc(S(C)(=O)=O)c(C)c1)NCc1nc(C)no1. The molecule has 0 saturated heterocycles. The molecule has 0 unspecified atom stereocenters. The predicted octanol–water partition coefficient (Wildman–Crippen LogP) is 1.35. The lowest BCUT2D eigenvalue weighted by Crippen LogP contribution is -2.36. The van der Waals surface area contributed by atoms with Crippen LogP contribution in [0.5, 0.6) is 0 Å². The lowest BCUT2D eigenvalue weighted by Gasteiger charge is -2.10. The molecule has 136 valence electrons. The van der Waals surface area contributed by atoms with Crippen molar-refractivity contribution < 1.29 is 12.9 Å². The van der Waals surface area contributed by atoms with Crippen LogP contribution in [0, 0.1) is 13.8 Å². The van der Waals surface area contributed by atoms with Gasteiger partial charge in [-0.1, -0.05) is 17.3 Å². The van der Waals surface area contributed by atoms with E-state index in [2.05, 4.69) is 25.8 Å². The molecule has 0 spiro atoms. The van der Waals surface area contributed by atoms with Gasteiger partial charge in [-0.2, -0.15) is 4.98 Å². The van der Waals surface area contributed by atoms with Crippen LogP contribution in [0.4, 0.5) is 0 Å². The van der Waals surface area contributed by atoms with Crippen molar-refractivity contribution >= 4 is 15.8 Å². The first-order chi connectivity index (χ1) is 11.8. The Balaban J connectivity index is 2.06. The summed E-state index contributed by atoms with van der Waals surface area (Å²) in [6.45, 7) is 7.02. The Morgan fingerprint density at radius 3 is 2.60 bits per heavy atom. The van der Waals surface area contributed by atoms with Crippen molar-refractivity contribution in [2.24, 2.45) is 4.99 Å². The molecule has 0 bridgehead atoms. The number of aliphatic imine (C=N–C) groups is 1. The summed E-state index contributed by atoms with van der Waals surface area (Å²) >= 11 is 0. The zero-order valence-electron chi connectivity index (χ0n) is 14.8. The molecular weight excluding hydrogens is 342 g/mol. The van der Waals surface area contributed by atoms with Crippen LogP contribution >= 0.6 is 0 Å². The molecule has 1 heterocycles. The molecule has 0 radical (unpaired) electrons. The van der Waals surface area contributed by atoms with Gasteiger partial charge in [0, 0.05) is 12.8 Å². The zero-order valence-corrected chi connectivity index (χ0v) is 15.6. The number of sulfone groups is 1. The second-order valence-corrected chi connectivity index (χ2v) is 7.64. The predicted molar refractivity (Wildman–Crippen MR) is 95.0 cm³/mol. The van der Waals surface area contributed by atoms with Crippen molar-refractivity contribution in [1.82, 2.24) is 20.8 Å². The number of nitrogens with one attached hydrogen (secondary N) is 2. The molecule has 8 nitrogen and oxygen atoms in total. The maximum Gasteiger partial charge on any atom is 0.246 e. The minimum Gasteiger partial charge on any atom is -0.357 e. The highest BCUT2D eigenvalue weighted by atomic mass is 32.2. The Bertz CT molecular complexity index is 858. The Morgan fingerprint density at radius 2 is 2.04 bits per heavy atom. The molecule has 0 amide bonds. The van der Waals surface area contributed by atoms with E-state index >= 15 is 0 Å². The van der Waals surface area contributed by atoms with Crippen LogP contribution < -0.4 is 10.6 Å². The number of hydrogen-bond donors (Lipinski definition) is 2. The monoisotopic (exact) mass is 365 g/mol. The summed E-state index contributed by atoms with van der Waals surface area (Å²) in [4.78, 5) is 8.96. The standard InChI is InChI=1S/C16H23N5O3S/c1-5-17-16(19-10-15-20-12(3)21-24-15)18-9-13-6-7-14(11(2)8-13)25(4,22)23/h6-8H,5,9-10H2,1-4H3,(H2,17,18,19). The molecule has 0 atom stereocenters. The number of hydrogen-bond acceptors (Lipinski definition) is 6. The van der Waals surface area contributed by atoms with E-state index in [1.807, 2.05) is 13.0 Å². The van der Waals surface area contributed by atoms with Crippen molar-refractivity contribution in [2.45, 2.75) is 38.8 Å². The van der Waals surface area contributed by atoms with Gasteiger partial charge in [0.25, 0.3) is 0 Å². The van der Waals surface area contributed by atoms with E-state index in [4.69, 9.17) is 4.52 Å². The molecule has 0 aliphatic heterocycles. The molecule has 0 fully saturated rings. The third kappa shape index (κ3) is 5.56. The van der Waals surface area contributed by atoms with Gasteiger partial charge in [0.15, 0.2) is 21.6 Å². The third-order valence-electron chi connectivity index (χ3n) is 3.38. The van der Waals surface area contributed by atoms with E-state index in [0.717, 1.165) is 11.1 Å². The average Bonchev–Trinajstić information content (AvgIpc) is 2.94. The van der Waals surface area contributed by atoms with Crippen LogP contribution in [-0.4, -0.2) is 37.3 Å². The molecule has 9 heteroatoms. The van der Waals surface area contributed by atoms with E-state index in [0.29, 0.717) is 42.2 Å². The van der Waals surface area contributed by atoms with E-state index in [9.17, 15) is 8.42 Å². The molecule has 0 aliphatic carbocycles. The van der Waals surface area contributed by atoms with Gasteiger partial charge in [0.2, 0.25) is 5.89 Å². The lowest BCUT2D eigenvalue weighted by atomic mass is 10.1. The zero-order chi connectivity index (χ0) is 18.4. The second-order valence-electron chi connectivity index (χ2n) is 5.66. The second kappa shape index (κ2) is 8.11. The van der Waals surface area contributed by atoms with Crippen molar-refractivity contribution in [3.63, 3.8) is 0 Å². The highest BCUT2D eigenvalue weighted by Crippen LogP contribution is 2.17. The van der Waals surface area contributed by atoms with Crippen LogP contribution in [0.15, 0.2) is 32.6 Å². The Morgan fingerprint density at radius 1 is 1.28 bits per heavy atom. The summed E-state index contributed by atoms with van der Waals surface area (Å²) in [6.07, 6.45) is 1.21. The fourth-order valence-corrected chi connectivity index (χ4v) is 3.27. The summed E-state index contributed by atoms with van der Waals surface area (Å²) in [7, 11) is -3.21. The van der Waals surface area contributed by atoms with Crippen LogP contribution in [0.1, 0.15) is 29.8 Å². The van der Waals surface area contributed by atoms with Crippen LogP contribution in [0.3, 0.4) is 0 Å². The maximum absolute atomic E-state index is 11.7. The molecule has 2 N–H and O–H groups in total. The molecule has 2 rings (SSSR count). The first-order valence-corrected chi connectivity index (χ1v) is 9.79. The Labute approximate surface area is 147 Å². The van der Waals surface area contributed by atoms with Crippen LogP contribution in [0.25, 0.3) is 0 Å². The number of rotatable bonds is 6. The highest BCUT2D eigenvalue weighted by Gasteiger charge is 2.11. The fourth-order valence-electron chi connectivity index (χ4n) is 2.31. The molecule has 25 heavy (non-hydrogen) atoms. The van der Waals surface area contributed by atoms with E-state index in [1.54, 1.807) is 26.0 Å². The number of aromatic nitrogens is 2. The van der Waals surface area contributed by atoms with Gasteiger partial charge >= 0.3 is 0 Å². The van der Waals surface area contributed by atoms with Crippen molar-refractivity contribution in [2.75, 3.05) is 12.8 Å². The van der Waals surface area contributed by atoms with Gasteiger partial charge in [-0.25, -0.2) is 13.4 Å². The van der Waals surface area contributed by atoms with Gasteiger partial charge in [-0.05, 0) is 38.0 Å². The highest BCUT2D eigenvalue weighted by molar-refractivity contribution is 7.90. The van der Waals surface area contributed by atoms with Crippen molar-refractivity contribution in [1.29, 1.82) is 0 Å². The number of nitrogens with zero attached hydrogens (tertiary/aromatic N) is 3. The number of benzene rings is 1. The summed E-state index contributed by atoms with van der Waals surface area (Å²) in [5, 5.41) is 9.99. The van der Waals surface area contributed by atoms with E-state index in [1.165, 1.54) is 6.26 Å². The minimum absolute atomic E-state index is 0.344. The summed E-state index contributed by atoms with van der Waals surface area (Å²) < 4.78 is 28.4. The van der Waals surface area contributed by atoms with Gasteiger partial charge in [-0.3, -0.25) is 0 Å². The lowest BCUT2D eigenvalue weighted by molar-refractivity contribution is 0.371. The number of aryl methyl sites for hydroxylation is 2. The van der Waals surface area contributed by atoms with Crippen LogP contribution in [-0.2, 0) is 22.9 Å². The third-order valence-corrected chi connectivity index (χ3v) is 4.64. The Hall–Kier alpha value is -2.42. The molecule has 2 aromatic rings. The quantitative estimate of drug-likeness (QED) is 0.587. The minimum atomic E-state index is -3.21. The van der Waals surface area contributed by atoms with Gasteiger partial charge in [0.05, 0.1) is 18.0 Å². The van der Waals surface area contributed by atoms with Crippen molar-refractivity contribution in [3.05, 3.63) is 41.0 Å². The molecule has 0 aliphatic rings. The largest absolute Gasteiger partial charge is 0.357 e. The topological polar surface area (TPSA) is 109 Å². The van der Waals surface area contributed by atoms with E-state index in [-0.39, 0.29) is 0 Å². The Kier molecular flexibility index (Phi) is 6.13. The maximum atomic E-state index is 11.7. The summed E-state index contributed by atoms with van der Waals surface area (Å²) in [5.41, 5.74) is 1.64. The van der Waals surface area contributed by atoms with Gasteiger partial charge in [-0.15, -0.1) is 0 Å². The first kappa shape index (κ1) is 18.9. The van der Waals surface area contributed by atoms with Crippen molar-refractivity contribution in [3.8, 4) is 0 Å². The smallest absolute Gasteiger partial charge is 0.246 e. The normalized spacial score (nSPS) is 12.2. The molecule has 1 aromatic carbocycles. The summed E-state index contributed by atoms with van der Waals surface area (Å²) in [6, 6.07) is 5.24. The fraction of sp³-hybridized carbons (Fsp3) is 0.438. The number of guanidine groups is 1. The van der Waals surface area contributed by atoms with Crippen LogP contribution in [0.2, 0.25) is 0 Å². The van der Waals surface area contributed by atoms with Gasteiger partial charge in [0.1, 0.15) is 0 Å². The average molecular weight is 365 g/mol. The van der Waals surface area contributed by atoms with E-state index < -0.39 is 9.84 Å². The molecule has 0 saturated carbocycles. The van der Waals surface area contributed by atoms with Gasteiger partial charge < -0.3 is 15.2 Å². The first-order valence-electron chi connectivity index (χ1n) is 7.90.